The van der Waals surface area contributed by atoms with Crippen molar-refractivity contribution in [2.45, 2.75) is 0 Å². The molecule has 0 aliphatic carbocycles. The van der Waals surface area contributed by atoms with Crippen LogP contribution in [0.15, 0.2) is 206 Å². The average molecular weight is 639 g/mol. The predicted molar refractivity (Wildman–Crippen MR) is 212 cm³/mol. The maximum atomic E-state index is 2.34. The molecule has 0 N–H and O–H groups in total. The number of para-hydroxylation sites is 1. The third-order valence-electron chi connectivity index (χ3n) is 9.64. The molecule has 9 aromatic rings. The van der Waals surface area contributed by atoms with Gasteiger partial charge in [0.15, 0.2) is 0 Å². The SMILES string of the molecule is c1ccc(-c2ccc(N(c3ccc(-c4ccc5c(ccn5-c5ccccc5)c4)cc3)c3ccc(-c4cccc5ccccc45)cc3)cc2)cc1. The number of hydrogen-bond acceptors (Lipinski definition) is 1. The van der Waals surface area contributed by atoms with Crippen molar-refractivity contribution < 1.29 is 0 Å². The molecule has 0 aliphatic heterocycles. The quantitative estimate of drug-likeness (QED) is 0.169. The van der Waals surface area contributed by atoms with Crippen molar-refractivity contribution in [3.63, 3.8) is 0 Å². The van der Waals surface area contributed by atoms with Gasteiger partial charge in [0.1, 0.15) is 0 Å². The summed E-state index contributed by atoms with van der Waals surface area (Å²) in [4.78, 5) is 2.34. The summed E-state index contributed by atoms with van der Waals surface area (Å²) in [7, 11) is 0. The highest BCUT2D eigenvalue weighted by atomic mass is 15.1. The summed E-state index contributed by atoms with van der Waals surface area (Å²) in [6.07, 6.45) is 2.15. The van der Waals surface area contributed by atoms with E-state index in [0.717, 1.165) is 17.1 Å². The van der Waals surface area contributed by atoms with E-state index in [9.17, 15) is 0 Å². The zero-order valence-electron chi connectivity index (χ0n) is 27.5. The fourth-order valence-electron chi connectivity index (χ4n) is 7.09. The lowest BCUT2D eigenvalue weighted by Crippen LogP contribution is -2.09. The summed E-state index contributed by atoms with van der Waals surface area (Å²) in [6, 6.07) is 71.9. The van der Waals surface area contributed by atoms with E-state index in [2.05, 4.69) is 216 Å². The Morgan fingerprint density at radius 1 is 0.340 bits per heavy atom. The Balaban J connectivity index is 1.07. The first kappa shape index (κ1) is 29.5. The fourth-order valence-corrected chi connectivity index (χ4v) is 7.09. The Hall–Kier alpha value is -6.64. The number of hydrogen-bond donors (Lipinski definition) is 0. The van der Waals surface area contributed by atoms with Gasteiger partial charge in [0.05, 0.1) is 5.52 Å². The van der Waals surface area contributed by atoms with E-state index in [-0.39, 0.29) is 0 Å². The number of anilines is 3. The van der Waals surface area contributed by atoms with Gasteiger partial charge < -0.3 is 9.47 Å². The molecule has 9 rings (SSSR count). The molecular weight excluding hydrogens is 605 g/mol. The molecule has 0 spiro atoms. The first-order chi connectivity index (χ1) is 24.8. The second-order valence-corrected chi connectivity index (χ2v) is 12.7. The molecule has 0 radical (unpaired) electrons. The topological polar surface area (TPSA) is 8.17 Å². The minimum atomic E-state index is 1.11. The van der Waals surface area contributed by atoms with Gasteiger partial charge in [-0.2, -0.15) is 0 Å². The van der Waals surface area contributed by atoms with E-state index in [1.54, 1.807) is 0 Å². The summed E-state index contributed by atoms with van der Waals surface area (Å²) in [5, 5.41) is 3.74. The first-order valence-corrected chi connectivity index (χ1v) is 17.1. The van der Waals surface area contributed by atoms with E-state index in [1.807, 2.05) is 0 Å². The third kappa shape index (κ3) is 5.53. The van der Waals surface area contributed by atoms with Crippen LogP contribution >= 0.6 is 0 Å². The van der Waals surface area contributed by atoms with Gasteiger partial charge in [-0.05, 0) is 111 Å². The van der Waals surface area contributed by atoms with E-state index < -0.39 is 0 Å². The Labute approximate surface area is 292 Å². The number of aromatic nitrogens is 1. The molecule has 1 heterocycles. The number of fused-ring (bicyclic) bond motifs is 2. The molecule has 0 saturated heterocycles. The van der Waals surface area contributed by atoms with Gasteiger partial charge >= 0.3 is 0 Å². The van der Waals surface area contributed by atoms with Crippen LogP contribution in [0.5, 0.6) is 0 Å². The molecule has 1 aromatic heterocycles. The summed E-state index contributed by atoms with van der Waals surface area (Å²) in [6.45, 7) is 0. The Kier molecular flexibility index (Phi) is 7.53. The summed E-state index contributed by atoms with van der Waals surface area (Å²) in [5.41, 5.74) is 13.0. The zero-order chi connectivity index (χ0) is 33.3. The number of nitrogens with zero attached hydrogens (tertiary/aromatic N) is 2. The van der Waals surface area contributed by atoms with Crippen molar-refractivity contribution in [2.75, 3.05) is 4.90 Å². The minimum Gasteiger partial charge on any atom is -0.317 e. The Morgan fingerprint density at radius 3 is 1.54 bits per heavy atom. The highest BCUT2D eigenvalue weighted by molar-refractivity contribution is 5.97. The molecule has 0 amide bonds. The fraction of sp³-hybridized carbons (Fsp3) is 0. The van der Waals surface area contributed by atoms with Crippen LogP contribution in [0.3, 0.4) is 0 Å². The molecule has 0 fully saturated rings. The van der Waals surface area contributed by atoms with Gasteiger partial charge in [-0.15, -0.1) is 0 Å². The van der Waals surface area contributed by atoms with Gasteiger partial charge in [0, 0.05) is 34.3 Å². The van der Waals surface area contributed by atoms with Crippen LogP contribution in [0.4, 0.5) is 17.1 Å². The molecular formula is C48H34N2. The molecule has 0 bridgehead atoms. The molecule has 50 heavy (non-hydrogen) atoms. The monoisotopic (exact) mass is 638 g/mol. The van der Waals surface area contributed by atoms with Crippen molar-refractivity contribution in [2.24, 2.45) is 0 Å². The molecule has 0 unspecified atom stereocenters. The predicted octanol–water partition coefficient (Wildman–Crippen LogP) is 13.3. The van der Waals surface area contributed by atoms with Gasteiger partial charge in [-0.3, -0.25) is 0 Å². The van der Waals surface area contributed by atoms with Crippen molar-refractivity contribution in [1.29, 1.82) is 0 Å². The highest BCUT2D eigenvalue weighted by Gasteiger charge is 2.15. The molecule has 236 valence electrons. The van der Waals surface area contributed by atoms with Crippen molar-refractivity contribution in [3.05, 3.63) is 206 Å². The van der Waals surface area contributed by atoms with Gasteiger partial charge in [-0.1, -0.05) is 133 Å². The highest BCUT2D eigenvalue weighted by Crippen LogP contribution is 2.39. The molecule has 2 heteroatoms. The third-order valence-corrected chi connectivity index (χ3v) is 9.64. The van der Waals surface area contributed by atoms with Crippen molar-refractivity contribution in [1.82, 2.24) is 4.57 Å². The maximum Gasteiger partial charge on any atom is 0.0528 e. The number of benzene rings is 8. The lowest BCUT2D eigenvalue weighted by Gasteiger charge is -2.26. The maximum absolute atomic E-state index is 2.34. The second kappa shape index (κ2) is 12.8. The van der Waals surface area contributed by atoms with Crippen LogP contribution < -0.4 is 4.90 Å². The van der Waals surface area contributed by atoms with Crippen LogP contribution in [0, 0.1) is 0 Å². The minimum absolute atomic E-state index is 1.11. The smallest absolute Gasteiger partial charge is 0.0528 e. The van der Waals surface area contributed by atoms with Crippen LogP contribution in [0.25, 0.3) is 60.7 Å². The van der Waals surface area contributed by atoms with Crippen LogP contribution in [-0.4, -0.2) is 4.57 Å². The summed E-state index contributed by atoms with van der Waals surface area (Å²) < 4.78 is 2.24. The standard InChI is InChI=1S/C48H34N2/c1-3-10-35(11-4-1)36-18-25-43(26-19-36)50(45-29-22-39(23-30-45)47-17-9-13-38-12-7-8-16-46(38)47)44-27-20-37(21-28-44)40-24-31-48-41(34-40)32-33-49(48)42-14-5-2-6-15-42/h1-34H. The van der Waals surface area contributed by atoms with Crippen molar-refractivity contribution in [3.8, 4) is 39.1 Å². The largest absolute Gasteiger partial charge is 0.317 e. The van der Waals surface area contributed by atoms with E-state index >= 15 is 0 Å². The molecule has 0 atom stereocenters. The second-order valence-electron chi connectivity index (χ2n) is 12.7. The number of rotatable bonds is 7. The van der Waals surface area contributed by atoms with Gasteiger partial charge in [-0.25, -0.2) is 0 Å². The zero-order valence-corrected chi connectivity index (χ0v) is 27.5. The summed E-state index contributed by atoms with van der Waals surface area (Å²) in [5.74, 6) is 0. The van der Waals surface area contributed by atoms with E-state index in [0.29, 0.717) is 0 Å². The lowest BCUT2D eigenvalue weighted by molar-refractivity contribution is 1.13. The molecule has 8 aromatic carbocycles. The van der Waals surface area contributed by atoms with Gasteiger partial charge in [0.2, 0.25) is 0 Å². The Bertz CT molecular complexity index is 2540. The van der Waals surface area contributed by atoms with Crippen LogP contribution in [-0.2, 0) is 0 Å². The lowest BCUT2D eigenvalue weighted by atomic mass is 9.98. The molecule has 0 aliphatic rings. The average Bonchev–Trinajstić information content (AvgIpc) is 3.63. The normalized spacial score (nSPS) is 11.2. The van der Waals surface area contributed by atoms with Crippen LogP contribution in [0.2, 0.25) is 0 Å². The summed E-state index contributed by atoms with van der Waals surface area (Å²) >= 11 is 0. The Morgan fingerprint density at radius 2 is 0.860 bits per heavy atom. The van der Waals surface area contributed by atoms with Gasteiger partial charge in [0.25, 0.3) is 0 Å². The first-order valence-electron chi connectivity index (χ1n) is 17.1. The van der Waals surface area contributed by atoms with E-state index in [4.69, 9.17) is 0 Å². The van der Waals surface area contributed by atoms with Crippen molar-refractivity contribution >= 4 is 38.7 Å². The molecule has 0 saturated carbocycles. The molecule has 2 nitrogen and oxygen atoms in total. The van der Waals surface area contributed by atoms with E-state index in [1.165, 1.54) is 60.7 Å². The van der Waals surface area contributed by atoms with Crippen LogP contribution in [0.1, 0.15) is 0 Å².